The van der Waals surface area contributed by atoms with Gasteiger partial charge in [-0.1, -0.05) is 97.1 Å². The van der Waals surface area contributed by atoms with Gasteiger partial charge in [-0.2, -0.15) is 5.26 Å². The van der Waals surface area contributed by atoms with Crippen LogP contribution in [0, 0.1) is 11.3 Å². The Kier molecular flexibility index (Phi) is 4.40. The van der Waals surface area contributed by atoms with Crippen LogP contribution in [-0.2, 0) is 0 Å². The van der Waals surface area contributed by atoms with Crippen molar-refractivity contribution >= 4 is 43.5 Å². The van der Waals surface area contributed by atoms with E-state index < -0.39 is 0 Å². The molecule has 0 fully saturated rings. The molecule has 0 spiro atoms. The zero-order chi connectivity index (χ0) is 27.1. The Labute approximate surface area is 236 Å². The molecule has 0 amide bonds. The van der Waals surface area contributed by atoms with Crippen LogP contribution in [0.1, 0.15) is 5.56 Å². The molecule has 1 aliphatic carbocycles. The van der Waals surface area contributed by atoms with Crippen LogP contribution in [0.5, 0.6) is 0 Å². The quantitative estimate of drug-likeness (QED) is 0.228. The molecule has 9 rings (SSSR count). The predicted molar refractivity (Wildman–Crippen MR) is 168 cm³/mol. The summed E-state index contributed by atoms with van der Waals surface area (Å²) in [6.45, 7) is 0. The van der Waals surface area contributed by atoms with Crippen molar-refractivity contribution in [3.05, 3.63) is 133 Å². The first-order valence-corrected chi connectivity index (χ1v) is 13.8. The largest absolute Gasteiger partial charge is 0.294 e. The minimum absolute atomic E-state index is 0.627. The third-order valence-corrected chi connectivity index (χ3v) is 8.58. The first kappa shape index (κ1) is 22.1. The normalized spacial score (nSPS) is 11.9. The van der Waals surface area contributed by atoms with Crippen LogP contribution in [-0.4, -0.2) is 9.55 Å². The Balaban J connectivity index is 1.30. The highest BCUT2D eigenvalue weighted by Crippen LogP contribution is 2.49. The van der Waals surface area contributed by atoms with Gasteiger partial charge in [-0.15, -0.1) is 0 Å². The summed E-state index contributed by atoms with van der Waals surface area (Å²) in [7, 11) is 0. The van der Waals surface area contributed by atoms with Crippen LogP contribution in [0.2, 0.25) is 0 Å². The standard InChI is InChI=1S/C38H21N3/c39-22-24-21-37(40-34-14-5-3-8-26(24)34)41-35-15-6-4-11-29(35)33-20-23(16-19-36(33)41)25-17-18-32-28-10-2-1-9-27(28)31-13-7-12-30(25)38(31)32/h1-21H. The van der Waals surface area contributed by atoms with Crippen LogP contribution in [0.4, 0.5) is 0 Å². The van der Waals surface area contributed by atoms with Crippen LogP contribution < -0.4 is 0 Å². The van der Waals surface area contributed by atoms with E-state index in [-0.39, 0.29) is 0 Å². The average molecular weight is 520 g/mol. The maximum absolute atomic E-state index is 9.95. The molecule has 0 unspecified atom stereocenters. The van der Waals surface area contributed by atoms with Crippen LogP contribution in [0.25, 0.3) is 82.7 Å². The second-order valence-electron chi connectivity index (χ2n) is 10.7. The lowest BCUT2D eigenvalue weighted by Gasteiger charge is -2.11. The van der Waals surface area contributed by atoms with Crippen molar-refractivity contribution < 1.29 is 0 Å². The van der Waals surface area contributed by atoms with E-state index >= 15 is 0 Å². The molecule has 2 heterocycles. The molecule has 188 valence electrons. The van der Waals surface area contributed by atoms with Crippen molar-refractivity contribution in [2.45, 2.75) is 0 Å². The Bertz CT molecular complexity index is 2410. The lowest BCUT2D eigenvalue weighted by atomic mass is 9.93. The Morgan fingerprint density at radius 3 is 2.02 bits per heavy atom. The number of benzene rings is 6. The molecule has 41 heavy (non-hydrogen) atoms. The monoisotopic (exact) mass is 519 g/mol. The second kappa shape index (κ2) is 8.14. The second-order valence-corrected chi connectivity index (χ2v) is 10.7. The lowest BCUT2D eigenvalue weighted by molar-refractivity contribution is 1.10. The highest BCUT2D eigenvalue weighted by atomic mass is 15.1. The van der Waals surface area contributed by atoms with Crippen molar-refractivity contribution in [3.8, 4) is 45.3 Å². The van der Waals surface area contributed by atoms with Gasteiger partial charge >= 0.3 is 0 Å². The van der Waals surface area contributed by atoms with Crippen LogP contribution in [0.3, 0.4) is 0 Å². The molecule has 6 aromatic carbocycles. The Morgan fingerprint density at radius 1 is 0.512 bits per heavy atom. The molecule has 3 nitrogen and oxygen atoms in total. The lowest BCUT2D eigenvalue weighted by Crippen LogP contribution is -1.99. The number of hydrogen-bond acceptors (Lipinski definition) is 2. The number of aromatic nitrogens is 2. The van der Waals surface area contributed by atoms with Gasteiger partial charge < -0.3 is 0 Å². The minimum Gasteiger partial charge on any atom is -0.294 e. The fourth-order valence-electron chi connectivity index (χ4n) is 6.82. The molecule has 0 saturated carbocycles. The Morgan fingerprint density at radius 2 is 1.17 bits per heavy atom. The van der Waals surface area contributed by atoms with E-state index in [1.165, 1.54) is 44.2 Å². The van der Waals surface area contributed by atoms with E-state index in [0.29, 0.717) is 5.56 Å². The maximum Gasteiger partial charge on any atom is 0.139 e. The summed E-state index contributed by atoms with van der Waals surface area (Å²) in [5.74, 6) is 0.752. The van der Waals surface area contributed by atoms with Gasteiger partial charge in [0, 0.05) is 16.2 Å². The third kappa shape index (κ3) is 2.99. The minimum atomic E-state index is 0.627. The van der Waals surface area contributed by atoms with Gasteiger partial charge in [0.1, 0.15) is 5.82 Å². The zero-order valence-corrected chi connectivity index (χ0v) is 22.0. The number of para-hydroxylation sites is 2. The first-order chi connectivity index (χ1) is 20.3. The number of hydrogen-bond donors (Lipinski definition) is 0. The molecule has 0 aliphatic heterocycles. The average Bonchev–Trinajstić information content (AvgIpc) is 3.54. The molecular formula is C38H21N3. The zero-order valence-electron chi connectivity index (χ0n) is 22.0. The molecule has 0 radical (unpaired) electrons. The fourth-order valence-corrected chi connectivity index (χ4v) is 6.82. The van der Waals surface area contributed by atoms with E-state index in [1.807, 2.05) is 30.3 Å². The highest BCUT2D eigenvalue weighted by Gasteiger charge is 2.23. The third-order valence-electron chi connectivity index (χ3n) is 8.58. The van der Waals surface area contributed by atoms with E-state index in [9.17, 15) is 5.26 Å². The molecule has 2 aromatic heterocycles. The summed E-state index contributed by atoms with van der Waals surface area (Å²) in [6, 6.07) is 47.2. The highest BCUT2D eigenvalue weighted by molar-refractivity contribution is 6.19. The summed E-state index contributed by atoms with van der Waals surface area (Å²) in [6.07, 6.45) is 0. The van der Waals surface area contributed by atoms with Gasteiger partial charge in [0.15, 0.2) is 0 Å². The van der Waals surface area contributed by atoms with Gasteiger partial charge in [-0.25, -0.2) is 4.98 Å². The summed E-state index contributed by atoms with van der Waals surface area (Å²) < 4.78 is 2.19. The Hall–Kier alpha value is -5.72. The van der Waals surface area contributed by atoms with Crippen molar-refractivity contribution in [2.75, 3.05) is 0 Å². The molecule has 0 atom stereocenters. The molecule has 0 saturated heterocycles. The number of nitriles is 1. The number of nitrogens with zero attached hydrogens (tertiary/aromatic N) is 3. The molecule has 0 N–H and O–H groups in total. The van der Waals surface area contributed by atoms with Crippen molar-refractivity contribution in [1.82, 2.24) is 9.55 Å². The summed E-state index contributed by atoms with van der Waals surface area (Å²) in [4.78, 5) is 5.01. The number of fused-ring (bicyclic) bond motifs is 7. The maximum atomic E-state index is 9.95. The van der Waals surface area contributed by atoms with Crippen molar-refractivity contribution in [3.63, 3.8) is 0 Å². The SMILES string of the molecule is N#Cc1cc(-n2c3ccccc3c3cc(-c4ccc5c6c(cccc46)-c4ccccc4-5)ccc32)nc2ccccc12. The smallest absolute Gasteiger partial charge is 0.139 e. The van der Waals surface area contributed by atoms with E-state index in [4.69, 9.17) is 4.98 Å². The molecular weight excluding hydrogens is 498 g/mol. The first-order valence-electron chi connectivity index (χ1n) is 13.8. The summed E-state index contributed by atoms with van der Waals surface area (Å²) >= 11 is 0. The van der Waals surface area contributed by atoms with Crippen LogP contribution in [0.15, 0.2) is 127 Å². The molecule has 1 aliphatic rings. The fraction of sp³-hybridized carbons (Fsp3) is 0. The van der Waals surface area contributed by atoms with Crippen molar-refractivity contribution in [1.29, 1.82) is 5.26 Å². The number of pyridine rings is 1. The topological polar surface area (TPSA) is 41.6 Å². The molecule has 8 aromatic rings. The van der Waals surface area contributed by atoms with Crippen molar-refractivity contribution in [2.24, 2.45) is 0 Å². The van der Waals surface area contributed by atoms with Gasteiger partial charge in [-0.3, -0.25) is 4.57 Å². The molecule has 3 heteroatoms. The number of rotatable bonds is 2. The summed E-state index contributed by atoms with van der Waals surface area (Å²) in [5.41, 5.74) is 11.2. The predicted octanol–water partition coefficient (Wildman–Crippen LogP) is 9.67. The van der Waals surface area contributed by atoms with Gasteiger partial charge in [-0.05, 0) is 74.5 Å². The summed E-state index contributed by atoms with van der Waals surface area (Å²) in [5, 5.41) is 15.8. The van der Waals surface area contributed by atoms with Gasteiger partial charge in [0.25, 0.3) is 0 Å². The van der Waals surface area contributed by atoms with Gasteiger partial charge in [0.2, 0.25) is 0 Å². The van der Waals surface area contributed by atoms with E-state index in [0.717, 1.165) is 38.5 Å². The molecule has 0 bridgehead atoms. The van der Waals surface area contributed by atoms with Crippen LogP contribution >= 0.6 is 0 Å². The van der Waals surface area contributed by atoms with E-state index in [1.54, 1.807) is 0 Å². The van der Waals surface area contributed by atoms with Gasteiger partial charge in [0.05, 0.1) is 28.2 Å². The van der Waals surface area contributed by atoms with E-state index in [2.05, 4.69) is 108 Å².